The van der Waals surface area contributed by atoms with Crippen LogP contribution in [-0.4, -0.2) is 11.9 Å². The number of carbonyl (C=O) groups is 1. The van der Waals surface area contributed by atoms with Gasteiger partial charge in [-0.2, -0.15) is 0 Å². The minimum absolute atomic E-state index is 0.322. The van der Waals surface area contributed by atoms with Crippen molar-refractivity contribution in [2.75, 3.05) is 0 Å². The van der Waals surface area contributed by atoms with E-state index in [4.69, 9.17) is 0 Å². The summed E-state index contributed by atoms with van der Waals surface area (Å²) in [7, 11) is 0. The van der Waals surface area contributed by atoms with Gasteiger partial charge in [-0.3, -0.25) is 4.79 Å². The van der Waals surface area contributed by atoms with Gasteiger partial charge in [-0.05, 0) is 37.0 Å². The van der Waals surface area contributed by atoms with E-state index in [0.29, 0.717) is 23.3 Å². The molecule has 3 fully saturated rings. The van der Waals surface area contributed by atoms with Crippen LogP contribution < -0.4 is 5.32 Å². The van der Waals surface area contributed by atoms with Crippen LogP contribution in [0.3, 0.4) is 0 Å². The van der Waals surface area contributed by atoms with Crippen LogP contribution in [0, 0.1) is 17.3 Å². The van der Waals surface area contributed by atoms with E-state index < -0.39 is 0 Å². The zero-order valence-electron chi connectivity index (χ0n) is 8.88. The molecule has 3 aliphatic rings. The number of fused-ring (bicyclic) bond motifs is 2. The second-order valence-corrected chi connectivity index (χ2v) is 5.76. The van der Waals surface area contributed by atoms with Gasteiger partial charge in [0.15, 0.2) is 0 Å². The Hall–Kier alpha value is -0.530. The Morgan fingerprint density at radius 3 is 3.07 bits per heavy atom. The molecule has 1 amide bonds. The average molecular weight is 193 g/mol. The summed E-state index contributed by atoms with van der Waals surface area (Å²) in [4.78, 5) is 11.3. The predicted molar refractivity (Wildman–Crippen MR) is 54.7 cm³/mol. The fraction of sp³-hybridized carbons (Fsp3) is 0.917. The second-order valence-electron chi connectivity index (χ2n) is 5.76. The highest BCUT2D eigenvalue weighted by Gasteiger charge is 2.52. The molecule has 4 unspecified atom stereocenters. The van der Waals surface area contributed by atoms with Crippen molar-refractivity contribution in [3.05, 3.63) is 0 Å². The Morgan fingerprint density at radius 2 is 2.29 bits per heavy atom. The Morgan fingerprint density at radius 1 is 1.43 bits per heavy atom. The van der Waals surface area contributed by atoms with E-state index in [2.05, 4.69) is 12.2 Å². The number of amides is 1. The van der Waals surface area contributed by atoms with Gasteiger partial charge >= 0.3 is 0 Å². The molecule has 1 heterocycles. The van der Waals surface area contributed by atoms with Gasteiger partial charge in [0, 0.05) is 6.04 Å². The number of carbonyl (C=O) groups excluding carboxylic acids is 1. The molecular weight excluding hydrogens is 174 g/mol. The lowest BCUT2D eigenvalue weighted by atomic mass is 9.55. The quantitative estimate of drug-likeness (QED) is 0.586. The standard InChI is InChI=1S/C12H19NO/c1-12-5-3-2-4-8(12)6-9-10(7-12)13-11(9)14/h8-10H,2-7H2,1H3,(H,13,14). The van der Waals surface area contributed by atoms with Crippen molar-refractivity contribution < 1.29 is 4.79 Å². The zero-order chi connectivity index (χ0) is 9.76. The van der Waals surface area contributed by atoms with Crippen molar-refractivity contribution in [1.29, 1.82) is 0 Å². The highest BCUT2D eigenvalue weighted by atomic mass is 16.2. The van der Waals surface area contributed by atoms with Crippen molar-refractivity contribution in [3.8, 4) is 0 Å². The van der Waals surface area contributed by atoms with E-state index in [1.807, 2.05) is 0 Å². The first kappa shape index (κ1) is 8.75. The fourth-order valence-electron chi connectivity index (χ4n) is 3.89. The molecule has 0 aromatic heterocycles. The van der Waals surface area contributed by atoms with Crippen molar-refractivity contribution in [3.63, 3.8) is 0 Å². The summed E-state index contributed by atoms with van der Waals surface area (Å²) in [5.41, 5.74) is 0.549. The molecule has 14 heavy (non-hydrogen) atoms. The van der Waals surface area contributed by atoms with E-state index in [0.717, 1.165) is 5.92 Å². The minimum Gasteiger partial charge on any atom is -0.352 e. The highest BCUT2D eigenvalue weighted by molar-refractivity contribution is 5.86. The monoisotopic (exact) mass is 193 g/mol. The lowest BCUT2D eigenvalue weighted by Crippen LogP contribution is -2.64. The second kappa shape index (κ2) is 2.74. The van der Waals surface area contributed by atoms with Gasteiger partial charge in [0.25, 0.3) is 0 Å². The molecule has 0 radical (unpaired) electrons. The minimum atomic E-state index is 0.322. The third-order valence-corrected chi connectivity index (χ3v) is 4.91. The van der Waals surface area contributed by atoms with E-state index in [-0.39, 0.29) is 0 Å². The fourth-order valence-corrected chi connectivity index (χ4v) is 3.89. The normalized spacial score (nSPS) is 51.2. The predicted octanol–water partition coefficient (Wildman–Crippen LogP) is 2.09. The topological polar surface area (TPSA) is 29.1 Å². The summed E-state index contributed by atoms with van der Waals surface area (Å²) < 4.78 is 0. The Balaban J connectivity index is 1.80. The van der Waals surface area contributed by atoms with Crippen LogP contribution >= 0.6 is 0 Å². The molecule has 2 aliphatic carbocycles. The third-order valence-electron chi connectivity index (χ3n) is 4.91. The van der Waals surface area contributed by atoms with Crippen LogP contribution in [0.4, 0.5) is 0 Å². The lowest BCUT2D eigenvalue weighted by Gasteiger charge is -2.54. The van der Waals surface area contributed by atoms with Crippen molar-refractivity contribution in [2.45, 2.75) is 51.5 Å². The summed E-state index contributed by atoms with van der Waals surface area (Å²) in [6.07, 6.45) is 7.96. The summed E-state index contributed by atoms with van der Waals surface area (Å²) in [5.74, 6) is 1.54. The highest BCUT2D eigenvalue weighted by Crippen LogP contribution is 2.53. The summed E-state index contributed by atoms with van der Waals surface area (Å²) >= 11 is 0. The summed E-state index contributed by atoms with van der Waals surface area (Å²) in [6.45, 7) is 2.44. The zero-order valence-corrected chi connectivity index (χ0v) is 8.88. The number of rotatable bonds is 0. The van der Waals surface area contributed by atoms with Gasteiger partial charge in [0.05, 0.1) is 5.92 Å². The molecule has 2 saturated carbocycles. The van der Waals surface area contributed by atoms with E-state index in [1.165, 1.54) is 38.5 Å². The van der Waals surface area contributed by atoms with Gasteiger partial charge in [0.1, 0.15) is 0 Å². The maximum atomic E-state index is 11.3. The van der Waals surface area contributed by atoms with Crippen LogP contribution in [0.5, 0.6) is 0 Å². The molecule has 0 bridgehead atoms. The first-order valence-corrected chi connectivity index (χ1v) is 5.99. The van der Waals surface area contributed by atoms with Crippen molar-refractivity contribution in [2.24, 2.45) is 17.3 Å². The molecule has 78 valence electrons. The van der Waals surface area contributed by atoms with E-state index >= 15 is 0 Å². The first-order chi connectivity index (χ1) is 6.69. The van der Waals surface area contributed by atoms with E-state index in [9.17, 15) is 4.79 Å². The molecule has 3 rings (SSSR count). The number of β-lactam (4-membered cyclic amide) rings is 1. The van der Waals surface area contributed by atoms with Crippen LogP contribution in [-0.2, 0) is 4.79 Å². The molecule has 2 heteroatoms. The molecule has 0 aromatic carbocycles. The molecule has 0 aromatic rings. The Labute approximate surface area is 85.4 Å². The van der Waals surface area contributed by atoms with Gasteiger partial charge in [-0.25, -0.2) is 0 Å². The molecule has 1 N–H and O–H groups in total. The third kappa shape index (κ3) is 1.06. The molecule has 1 aliphatic heterocycles. The van der Waals surface area contributed by atoms with Crippen LogP contribution in [0.25, 0.3) is 0 Å². The van der Waals surface area contributed by atoms with Gasteiger partial charge in [-0.1, -0.05) is 19.8 Å². The Bertz CT molecular complexity index is 275. The van der Waals surface area contributed by atoms with Crippen LogP contribution in [0.15, 0.2) is 0 Å². The van der Waals surface area contributed by atoms with Crippen LogP contribution in [0.2, 0.25) is 0 Å². The maximum Gasteiger partial charge on any atom is 0.225 e. The maximum absolute atomic E-state index is 11.3. The largest absolute Gasteiger partial charge is 0.352 e. The molecule has 2 nitrogen and oxygen atoms in total. The summed E-state index contributed by atoms with van der Waals surface area (Å²) in [6, 6.07) is 0.529. The first-order valence-electron chi connectivity index (χ1n) is 5.99. The SMILES string of the molecule is CC12CCCCC1CC1C(=O)NC1C2. The van der Waals surface area contributed by atoms with Gasteiger partial charge < -0.3 is 5.32 Å². The van der Waals surface area contributed by atoms with Crippen LogP contribution in [0.1, 0.15) is 45.4 Å². The summed E-state index contributed by atoms with van der Waals surface area (Å²) in [5, 5.41) is 3.06. The number of hydrogen-bond acceptors (Lipinski definition) is 1. The molecular formula is C12H19NO. The molecule has 4 atom stereocenters. The molecule has 1 saturated heterocycles. The van der Waals surface area contributed by atoms with Gasteiger partial charge in [0.2, 0.25) is 5.91 Å². The number of hydrogen-bond donors (Lipinski definition) is 1. The van der Waals surface area contributed by atoms with Gasteiger partial charge in [-0.15, -0.1) is 0 Å². The number of nitrogens with one attached hydrogen (secondary N) is 1. The van der Waals surface area contributed by atoms with Crippen molar-refractivity contribution >= 4 is 5.91 Å². The smallest absolute Gasteiger partial charge is 0.225 e. The van der Waals surface area contributed by atoms with E-state index in [1.54, 1.807) is 0 Å². The Kier molecular flexibility index (Phi) is 1.71. The lowest BCUT2D eigenvalue weighted by molar-refractivity contribution is -0.143. The van der Waals surface area contributed by atoms with Crippen molar-refractivity contribution in [1.82, 2.24) is 5.32 Å². The average Bonchev–Trinajstić information content (AvgIpc) is 2.15. The molecule has 0 spiro atoms.